The van der Waals surface area contributed by atoms with Gasteiger partial charge in [0.05, 0.1) is 0 Å². The molecule has 0 aliphatic heterocycles. The lowest BCUT2D eigenvalue weighted by Gasteiger charge is -2.59. The van der Waals surface area contributed by atoms with Gasteiger partial charge in [-0.25, -0.2) is 4.79 Å². The molecule has 148 valence electrons. The number of carbonyl (C=O) groups is 2. The molecule has 0 aromatic heterocycles. The summed E-state index contributed by atoms with van der Waals surface area (Å²) in [6, 6.07) is 1.10. The van der Waals surface area contributed by atoms with E-state index in [4.69, 9.17) is 0 Å². The maximum Gasteiger partial charge on any atom is 0.326 e. The van der Waals surface area contributed by atoms with E-state index >= 15 is 0 Å². The molecule has 27 heavy (non-hydrogen) atoms. The predicted molar refractivity (Wildman–Crippen MR) is 101 cm³/mol. The molecule has 6 nitrogen and oxygen atoms in total. The molecule has 4 bridgehead atoms. The second kappa shape index (κ2) is 7.53. The monoisotopic (exact) mass is 373 g/mol. The Morgan fingerprint density at radius 1 is 1.11 bits per heavy atom. The van der Waals surface area contributed by atoms with Gasteiger partial charge in [0.1, 0.15) is 17.7 Å². The number of amides is 1. The Kier molecular flexibility index (Phi) is 5.50. The second-order valence-corrected chi connectivity index (χ2v) is 9.37. The third-order valence-electron chi connectivity index (χ3n) is 7.07. The van der Waals surface area contributed by atoms with Crippen LogP contribution in [0.25, 0.3) is 0 Å². The third-order valence-corrected chi connectivity index (χ3v) is 7.07. The molecule has 0 spiro atoms. The molecule has 0 aromatic rings. The van der Waals surface area contributed by atoms with Crippen molar-refractivity contribution in [2.75, 3.05) is 0 Å². The Hall–Kier alpha value is -2.03. The summed E-state index contributed by atoms with van der Waals surface area (Å²) in [5.74, 6) is 0.529. The summed E-state index contributed by atoms with van der Waals surface area (Å²) >= 11 is 0. The van der Waals surface area contributed by atoms with Crippen molar-refractivity contribution in [3.05, 3.63) is 11.8 Å². The highest BCUT2D eigenvalue weighted by Gasteiger charge is 2.53. The highest BCUT2D eigenvalue weighted by Crippen LogP contribution is 2.61. The fourth-order valence-electron chi connectivity index (χ4n) is 5.97. The zero-order chi connectivity index (χ0) is 19.8. The maximum atomic E-state index is 12.3. The largest absolute Gasteiger partial charge is 0.480 e. The van der Waals surface area contributed by atoms with E-state index in [9.17, 15) is 20.0 Å². The minimum Gasteiger partial charge on any atom is -0.480 e. The van der Waals surface area contributed by atoms with Gasteiger partial charge in [-0.3, -0.25) is 4.79 Å². The van der Waals surface area contributed by atoms with Crippen molar-refractivity contribution < 1.29 is 14.7 Å². The van der Waals surface area contributed by atoms with Crippen LogP contribution in [-0.4, -0.2) is 29.1 Å². The quantitative estimate of drug-likeness (QED) is 0.470. The number of carbonyl (C=O) groups excluding carboxylic acids is 1. The summed E-state index contributed by atoms with van der Waals surface area (Å²) < 4.78 is 0. The van der Waals surface area contributed by atoms with Crippen molar-refractivity contribution in [3.63, 3.8) is 0 Å². The Morgan fingerprint density at radius 3 is 2.04 bits per heavy atom. The number of aliphatic carboxylic acids is 1. The Labute approximate surface area is 161 Å². The van der Waals surface area contributed by atoms with Gasteiger partial charge in [0, 0.05) is 12.2 Å². The van der Waals surface area contributed by atoms with Crippen LogP contribution in [0.3, 0.4) is 0 Å². The fourth-order valence-corrected chi connectivity index (χ4v) is 5.97. The number of nitrogens with zero attached hydrogens (tertiary/aromatic N) is 1. The average Bonchev–Trinajstić information content (AvgIpc) is 2.58. The van der Waals surface area contributed by atoms with Crippen molar-refractivity contribution >= 4 is 11.9 Å². The summed E-state index contributed by atoms with van der Waals surface area (Å²) in [4.78, 5) is 23.6. The van der Waals surface area contributed by atoms with E-state index in [-0.39, 0.29) is 22.9 Å². The topological polar surface area (TPSA) is 102 Å². The SMILES string of the molecule is CC(C)C(NC(=O)/C(C#N)=C\NC(C)C12CC3CC(CC(C3)C1)C2)C(=O)O. The molecule has 0 aromatic carbocycles. The van der Waals surface area contributed by atoms with Gasteiger partial charge in [0.2, 0.25) is 0 Å². The summed E-state index contributed by atoms with van der Waals surface area (Å²) in [7, 11) is 0. The summed E-state index contributed by atoms with van der Waals surface area (Å²) in [5, 5.41) is 24.4. The lowest BCUT2D eigenvalue weighted by molar-refractivity contribution is -0.142. The molecule has 1 amide bonds. The van der Waals surface area contributed by atoms with Crippen molar-refractivity contribution in [2.24, 2.45) is 29.1 Å². The van der Waals surface area contributed by atoms with Crippen LogP contribution in [-0.2, 0) is 9.59 Å². The van der Waals surface area contributed by atoms with Crippen molar-refractivity contribution in [1.29, 1.82) is 5.26 Å². The molecule has 4 aliphatic carbocycles. The van der Waals surface area contributed by atoms with Crippen molar-refractivity contribution in [3.8, 4) is 6.07 Å². The summed E-state index contributed by atoms with van der Waals surface area (Å²) in [5.41, 5.74) is 0.197. The number of hydrogen-bond donors (Lipinski definition) is 3. The molecule has 4 saturated carbocycles. The number of nitriles is 1. The van der Waals surface area contributed by atoms with Crippen LogP contribution >= 0.6 is 0 Å². The van der Waals surface area contributed by atoms with Gasteiger partial charge < -0.3 is 15.7 Å². The minimum atomic E-state index is -1.09. The van der Waals surface area contributed by atoms with Gasteiger partial charge >= 0.3 is 5.97 Å². The van der Waals surface area contributed by atoms with Crippen LogP contribution in [0.5, 0.6) is 0 Å². The zero-order valence-corrected chi connectivity index (χ0v) is 16.5. The lowest BCUT2D eigenvalue weighted by Crippen LogP contribution is -2.54. The fraction of sp³-hybridized carbons (Fsp3) is 0.762. The second-order valence-electron chi connectivity index (χ2n) is 9.37. The van der Waals surface area contributed by atoms with E-state index in [1.807, 2.05) is 6.07 Å². The van der Waals surface area contributed by atoms with Gasteiger partial charge in [-0.2, -0.15) is 5.26 Å². The van der Waals surface area contributed by atoms with Gasteiger partial charge in [0.25, 0.3) is 5.91 Å². The number of carboxylic acid groups (broad SMARTS) is 1. The maximum absolute atomic E-state index is 12.3. The standard InChI is InChI=1S/C21H31N3O3/c1-12(2)18(20(26)27)24-19(25)17(10-22)11-23-13(3)21-7-14-4-15(8-21)6-16(5-14)9-21/h11-16,18,23H,4-9H2,1-3H3,(H,24,25)(H,26,27)/b17-11-. The van der Waals surface area contributed by atoms with E-state index < -0.39 is 17.9 Å². The Morgan fingerprint density at radius 2 is 1.63 bits per heavy atom. The molecule has 0 heterocycles. The molecule has 4 aliphatic rings. The number of carboxylic acids is 1. The number of hydrogen-bond acceptors (Lipinski definition) is 4. The van der Waals surface area contributed by atoms with E-state index in [1.54, 1.807) is 13.8 Å². The molecule has 2 atom stereocenters. The normalized spacial score (nSPS) is 34.0. The highest BCUT2D eigenvalue weighted by atomic mass is 16.4. The zero-order valence-electron chi connectivity index (χ0n) is 16.5. The lowest BCUT2D eigenvalue weighted by atomic mass is 9.48. The van der Waals surface area contributed by atoms with Crippen molar-refractivity contribution in [2.45, 2.75) is 71.4 Å². The molecule has 6 heteroatoms. The van der Waals surface area contributed by atoms with Gasteiger partial charge in [-0.15, -0.1) is 0 Å². The average molecular weight is 373 g/mol. The highest BCUT2D eigenvalue weighted by molar-refractivity contribution is 5.99. The molecule has 4 fully saturated rings. The van der Waals surface area contributed by atoms with Gasteiger partial charge in [0.15, 0.2) is 0 Å². The molecular weight excluding hydrogens is 342 g/mol. The number of nitrogens with one attached hydrogen (secondary N) is 2. The first-order valence-corrected chi connectivity index (χ1v) is 10.1. The van der Waals surface area contributed by atoms with E-state index in [1.165, 1.54) is 44.7 Å². The predicted octanol–water partition coefficient (Wildman–Crippen LogP) is 2.81. The van der Waals surface area contributed by atoms with Gasteiger partial charge in [-0.05, 0) is 74.5 Å². The Balaban J connectivity index is 1.65. The third kappa shape index (κ3) is 3.97. The first-order chi connectivity index (χ1) is 12.7. The van der Waals surface area contributed by atoms with Crippen LogP contribution in [0.2, 0.25) is 0 Å². The molecule has 4 rings (SSSR count). The minimum absolute atomic E-state index is 0.0709. The number of rotatable bonds is 7. The molecule has 3 N–H and O–H groups in total. The first-order valence-electron chi connectivity index (χ1n) is 10.1. The summed E-state index contributed by atoms with van der Waals surface area (Å²) in [6.45, 7) is 5.61. The molecule has 2 unspecified atom stereocenters. The van der Waals surface area contributed by atoms with Crippen LogP contribution in [0.4, 0.5) is 0 Å². The van der Waals surface area contributed by atoms with Crippen LogP contribution in [0.1, 0.15) is 59.3 Å². The molecule has 0 radical (unpaired) electrons. The van der Waals surface area contributed by atoms with Crippen molar-refractivity contribution in [1.82, 2.24) is 10.6 Å². The van der Waals surface area contributed by atoms with E-state index in [2.05, 4.69) is 17.6 Å². The first kappa shape index (κ1) is 19.7. The van der Waals surface area contributed by atoms with E-state index in [0.717, 1.165) is 17.8 Å². The van der Waals surface area contributed by atoms with Gasteiger partial charge in [-0.1, -0.05) is 13.8 Å². The van der Waals surface area contributed by atoms with Crippen LogP contribution < -0.4 is 10.6 Å². The summed E-state index contributed by atoms with van der Waals surface area (Å²) in [6.07, 6.45) is 9.33. The Bertz CT molecular complexity index is 641. The van der Waals surface area contributed by atoms with Crippen LogP contribution in [0.15, 0.2) is 11.8 Å². The smallest absolute Gasteiger partial charge is 0.326 e. The molecule has 0 saturated heterocycles. The van der Waals surface area contributed by atoms with Crippen LogP contribution in [0, 0.1) is 40.4 Å². The molecular formula is C21H31N3O3. The van der Waals surface area contributed by atoms with E-state index in [0.29, 0.717) is 0 Å².